The first-order valence-corrected chi connectivity index (χ1v) is 6.26. The van der Waals surface area contributed by atoms with Crippen molar-refractivity contribution in [3.8, 4) is 11.5 Å². The Hall–Kier alpha value is -1.42. The molecule has 1 aromatic rings. The molecule has 100 valence electrons. The Morgan fingerprint density at radius 1 is 1.39 bits per heavy atom. The Kier molecular flexibility index (Phi) is 5.78. The summed E-state index contributed by atoms with van der Waals surface area (Å²) >= 11 is 5.40. The molecule has 0 aliphatic rings. The van der Waals surface area contributed by atoms with Crippen molar-refractivity contribution < 1.29 is 14.3 Å². The number of benzene rings is 1. The molecule has 0 atom stereocenters. The molecule has 18 heavy (non-hydrogen) atoms. The van der Waals surface area contributed by atoms with Gasteiger partial charge in [-0.1, -0.05) is 6.07 Å². The summed E-state index contributed by atoms with van der Waals surface area (Å²) in [4.78, 5) is 11.1. The van der Waals surface area contributed by atoms with Crippen molar-refractivity contribution in [1.82, 2.24) is 5.32 Å². The van der Waals surface area contributed by atoms with Crippen molar-refractivity contribution in [2.75, 3.05) is 13.0 Å². The fourth-order valence-corrected chi connectivity index (χ4v) is 1.52. The van der Waals surface area contributed by atoms with Gasteiger partial charge in [0.2, 0.25) is 5.91 Å². The zero-order chi connectivity index (χ0) is 13.5. The fourth-order valence-electron chi connectivity index (χ4n) is 1.42. The molecule has 0 saturated carbocycles. The van der Waals surface area contributed by atoms with E-state index in [0.717, 1.165) is 5.56 Å². The molecule has 5 heteroatoms. The standard InChI is InChI=1S/C13H18ClNO3/c1-9(2)18-11-5-4-10(6-12(11)17-3)8-15-13(16)7-14/h4-6,9H,7-8H2,1-3H3,(H,15,16). The van der Waals surface area contributed by atoms with Gasteiger partial charge in [-0.2, -0.15) is 0 Å². The number of rotatable bonds is 6. The minimum atomic E-state index is -0.196. The average molecular weight is 272 g/mol. The first-order valence-electron chi connectivity index (χ1n) is 5.73. The normalized spacial score (nSPS) is 10.3. The number of hydrogen-bond acceptors (Lipinski definition) is 3. The lowest BCUT2D eigenvalue weighted by atomic mass is 10.2. The fraction of sp³-hybridized carbons (Fsp3) is 0.462. The summed E-state index contributed by atoms with van der Waals surface area (Å²) in [5.74, 6) is 1.12. The second-order valence-corrected chi connectivity index (χ2v) is 4.33. The topological polar surface area (TPSA) is 47.6 Å². The summed E-state index contributed by atoms with van der Waals surface area (Å²) < 4.78 is 10.9. The van der Waals surface area contributed by atoms with Gasteiger partial charge < -0.3 is 14.8 Å². The van der Waals surface area contributed by atoms with Gasteiger partial charge in [0.25, 0.3) is 0 Å². The van der Waals surface area contributed by atoms with E-state index in [-0.39, 0.29) is 17.9 Å². The van der Waals surface area contributed by atoms with Crippen molar-refractivity contribution in [1.29, 1.82) is 0 Å². The van der Waals surface area contributed by atoms with Crippen molar-refractivity contribution in [3.05, 3.63) is 23.8 Å². The molecule has 0 aliphatic carbocycles. The van der Waals surface area contributed by atoms with Crippen LogP contribution >= 0.6 is 11.6 Å². The molecule has 1 aromatic carbocycles. The van der Waals surface area contributed by atoms with Crippen LogP contribution in [0.15, 0.2) is 18.2 Å². The van der Waals surface area contributed by atoms with E-state index >= 15 is 0 Å². The highest BCUT2D eigenvalue weighted by Gasteiger charge is 2.08. The van der Waals surface area contributed by atoms with Crippen molar-refractivity contribution in [2.45, 2.75) is 26.5 Å². The number of alkyl halides is 1. The number of carbonyl (C=O) groups excluding carboxylic acids is 1. The molecule has 1 amide bonds. The predicted octanol–water partition coefficient (Wildman–Crippen LogP) is 2.34. The van der Waals surface area contributed by atoms with Gasteiger partial charge in [0.05, 0.1) is 13.2 Å². The third kappa shape index (κ3) is 4.45. The molecular weight excluding hydrogens is 254 g/mol. The van der Waals surface area contributed by atoms with Crippen molar-refractivity contribution >= 4 is 17.5 Å². The molecule has 0 saturated heterocycles. The van der Waals surface area contributed by atoms with Crippen LogP contribution in [0.5, 0.6) is 11.5 Å². The van der Waals surface area contributed by atoms with Gasteiger partial charge in [0, 0.05) is 6.54 Å². The Labute approximate surface area is 112 Å². The molecule has 0 fully saturated rings. The molecule has 4 nitrogen and oxygen atoms in total. The largest absolute Gasteiger partial charge is 0.493 e. The number of nitrogens with one attached hydrogen (secondary N) is 1. The van der Waals surface area contributed by atoms with E-state index in [1.807, 2.05) is 32.0 Å². The van der Waals surface area contributed by atoms with E-state index in [2.05, 4.69) is 5.32 Å². The van der Waals surface area contributed by atoms with Crippen LogP contribution in [0.2, 0.25) is 0 Å². The minimum Gasteiger partial charge on any atom is -0.493 e. The lowest BCUT2D eigenvalue weighted by Crippen LogP contribution is -2.23. The third-order valence-corrected chi connectivity index (χ3v) is 2.44. The van der Waals surface area contributed by atoms with Crippen LogP contribution in [0.3, 0.4) is 0 Å². The second kappa shape index (κ2) is 7.11. The SMILES string of the molecule is COc1cc(CNC(=O)CCl)ccc1OC(C)C. The quantitative estimate of drug-likeness (QED) is 0.808. The highest BCUT2D eigenvalue weighted by molar-refractivity contribution is 6.27. The Morgan fingerprint density at radius 2 is 2.11 bits per heavy atom. The van der Waals surface area contributed by atoms with Crippen LogP contribution < -0.4 is 14.8 Å². The van der Waals surface area contributed by atoms with Crippen LogP contribution in [-0.2, 0) is 11.3 Å². The molecule has 0 unspecified atom stereocenters. The zero-order valence-corrected chi connectivity index (χ0v) is 11.6. The van der Waals surface area contributed by atoms with Crippen LogP contribution in [0.1, 0.15) is 19.4 Å². The molecule has 1 rings (SSSR count). The van der Waals surface area contributed by atoms with E-state index in [0.29, 0.717) is 18.0 Å². The van der Waals surface area contributed by atoms with Gasteiger partial charge in [-0.15, -0.1) is 11.6 Å². The molecule has 0 aliphatic heterocycles. The van der Waals surface area contributed by atoms with Gasteiger partial charge in [0.1, 0.15) is 5.88 Å². The molecule has 0 spiro atoms. The molecule has 1 N–H and O–H groups in total. The highest BCUT2D eigenvalue weighted by atomic mass is 35.5. The Bertz CT molecular complexity index is 407. The lowest BCUT2D eigenvalue weighted by molar-refractivity contribution is -0.118. The molecule has 0 bridgehead atoms. The summed E-state index contributed by atoms with van der Waals surface area (Å²) in [5, 5.41) is 2.69. The van der Waals surface area contributed by atoms with Gasteiger partial charge in [-0.3, -0.25) is 4.79 Å². The van der Waals surface area contributed by atoms with E-state index in [4.69, 9.17) is 21.1 Å². The number of amides is 1. The second-order valence-electron chi connectivity index (χ2n) is 4.06. The minimum absolute atomic E-state index is 0.0360. The summed E-state index contributed by atoms with van der Waals surface area (Å²) in [6, 6.07) is 5.56. The Morgan fingerprint density at radius 3 is 2.67 bits per heavy atom. The third-order valence-electron chi connectivity index (χ3n) is 2.20. The summed E-state index contributed by atoms with van der Waals surface area (Å²) in [5.41, 5.74) is 0.932. The first-order chi connectivity index (χ1) is 8.56. The van der Waals surface area contributed by atoms with E-state index in [1.54, 1.807) is 7.11 Å². The number of carbonyl (C=O) groups is 1. The zero-order valence-electron chi connectivity index (χ0n) is 10.8. The van der Waals surface area contributed by atoms with Crippen molar-refractivity contribution in [3.63, 3.8) is 0 Å². The Balaban J connectivity index is 2.75. The van der Waals surface area contributed by atoms with Crippen LogP contribution in [-0.4, -0.2) is 25.0 Å². The summed E-state index contributed by atoms with van der Waals surface area (Å²) in [6.07, 6.45) is 0.0840. The van der Waals surface area contributed by atoms with Gasteiger partial charge in [-0.05, 0) is 31.5 Å². The van der Waals surface area contributed by atoms with Crippen LogP contribution in [0, 0.1) is 0 Å². The van der Waals surface area contributed by atoms with E-state index in [9.17, 15) is 4.79 Å². The monoisotopic (exact) mass is 271 g/mol. The number of ether oxygens (including phenoxy) is 2. The van der Waals surface area contributed by atoms with Crippen LogP contribution in [0.4, 0.5) is 0 Å². The van der Waals surface area contributed by atoms with Gasteiger partial charge in [0.15, 0.2) is 11.5 Å². The maximum absolute atomic E-state index is 11.1. The first kappa shape index (κ1) is 14.6. The number of hydrogen-bond donors (Lipinski definition) is 1. The molecule has 0 heterocycles. The van der Waals surface area contributed by atoms with E-state index < -0.39 is 0 Å². The summed E-state index contributed by atoms with van der Waals surface area (Å²) in [7, 11) is 1.59. The van der Waals surface area contributed by atoms with Gasteiger partial charge >= 0.3 is 0 Å². The smallest absolute Gasteiger partial charge is 0.235 e. The van der Waals surface area contributed by atoms with Gasteiger partial charge in [-0.25, -0.2) is 0 Å². The predicted molar refractivity (Wildman–Crippen MR) is 71.3 cm³/mol. The summed E-state index contributed by atoms with van der Waals surface area (Å²) in [6.45, 7) is 4.33. The average Bonchev–Trinajstić information content (AvgIpc) is 2.36. The highest BCUT2D eigenvalue weighted by Crippen LogP contribution is 2.28. The number of methoxy groups -OCH3 is 1. The van der Waals surface area contributed by atoms with Crippen molar-refractivity contribution in [2.24, 2.45) is 0 Å². The maximum atomic E-state index is 11.1. The van der Waals surface area contributed by atoms with E-state index in [1.165, 1.54) is 0 Å². The lowest BCUT2D eigenvalue weighted by Gasteiger charge is -2.14. The molecule has 0 radical (unpaired) electrons. The van der Waals surface area contributed by atoms with Crippen LogP contribution in [0.25, 0.3) is 0 Å². The maximum Gasteiger partial charge on any atom is 0.235 e. The number of halogens is 1. The molecular formula is C13H18ClNO3. The molecule has 0 aromatic heterocycles.